The molecule has 1 aliphatic heterocycles. The van der Waals surface area contributed by atoms with Crippen LogP contribution in [0, 0.1) is 5.92 Å². The summed E-state index contributed by atoms with van der Waals surface area (Å²) in [6.45, 7) is 1.55. The quantitative estimate of drug-likeness (QED) is 0.448. The first-order chi connectivity index (χ1) is 17.2. The molecule has 35 heavy (non-hydrogen) atoms. The summed E-state index contributed by atoms with van der Waals surface area (Å²) in [6, 6.07) is 21.1. The van der Waals surface area contributed by atoms with Gasteiger partial charge in [0.2, 0.25) is 5.91 Å². The topological polar surface area (TPSA) is 89.4 Å². The van der Waals surface area contributed by atoms with Gasteiger partial charge < -0.3 is 15.0 Å². The minimum Gasteiger partial charge on any atom is -0.484 e. The maximum absolute atomic E-state index is 12.7. The van der Waals surface area contributed by atoms with Gasteiger partial charge in [-0.15, -0.1) is 0 Å². The number of imidazole rings is 1. The van der Waals surface area contributed by atoms with E-state index in [1.165, 1.54) is 0 Å². The van der Waals surface area contributed by atoms with Crippen LogP contribution in [0.3, 0.4) is 0 Å². The van der Waals surface area contributed by atoms with Gasteiger partial charge in [-0.25, -0.2) is 9.97 Å². The number of carbonyl (C=O) groups excluding carboxylic acids is 2. The summed E-state index contributed by atoms with van der Waals surface area (Å²) in [5.74, 6) is 1.32. The number of hydrogen-bond donors (Lipinski definition) is 1. The highest BCUT2D eigenvalue weighted by Gasteiger charge is 2.27. The smallest absolute Gasteiger partial charge is 0.260 e. The van der Waals surface area contributed by atoms with Crippen molar-refractivity contribution in [1.82, 2.24) is 24.8 Å². The second-order valence-electron chi connectivity index (χ2n) is 8.60. The van der Waals surface area contributed by atoms with Gasteiger partial charge in [-0.05, 0) is 48.7 Å². The summed E-state index contributed by atoms with van der Waals surface area (Å²) in [5.41, 5.74) is 2.84. The van der Waals surface area contributed by atoms with E-state index in [1.807, 2.05) is 71.3 Å². The lowest BCUT2D eigenvalue weighted by Crippen LogP contribution is -2.44. The van der Waals surface area contributed by atoms with Gasteiger partial charge in [-0.3, -0.25) is 14.2 Å². The van der Waals surface area contributed by atoms with E-state index in [-0.39, 0.29) is 24.3 Å². The van der Waals surface area contributed by atoms with Gasteiger partial charge in [0.05, 0.1) is 11.0 Å². The van der Waals surface area contributed by atoms with Crippen molar-refractivity contribution < 1.29 is 14.3 Å². The molecule has 2 aromatic heterocycles. The molecular formula is C27H27N5O3. The van der Waals surface area contributed by atoms with E-state index in [0.717, 1.165) is 22.4 Å². The van der Waals surface area contributed by atoms with Crippen molar-refractivity contribution in [3.8, 4) is 11.6 Å². The Kier molecular flexibility index (Phi) is 6.70. The van der Waals surface area contributed by atoms with Crippen molar-refractivity contribution in [1.29, 1.82) is 0 Å². The van der Waals surface area contributed by atoms with Crippen molar-refractivity contribution >= 4 is 22.8 Å². The molecule has 5 rings (SSSR count). The number of ether oxygens (including phenoxy) is 1. The molecule has 1 aliphatic rings. The van der Waals surface area contributed by atoms with Crippen LogP contribution in [0.2, 0.25) is 0 Å². The average molecular weight is 470 g/mol. The van der Waals surface area contributed by atoms with Crippen molar-refractivity contribution in [3.63, 3.8) is 0 Å². The van der Waals surface area contributed by atoms with Crippen molar-refractivity contribution in [2.24, 2.45) is 5.92 Å². The third kappa shape index (κ3) is 5.32. The molecule has 0 spiro atoms. The normalized spacial score (nSPS) is 14.1. The molecule has 2 amide bonds. The zero-order valence-corrected chi connectivity index (χ0v) is 19.3. The van der Waals surface area contributed by atoms with Gasteiger partial charge >= 0.3 is 0 Å². The van der Waals surface area contributed by atoms with Gasteiger partial charge in [-0.1, -0.05) is 36.4 Å². The maximum Gasteiger partial charge on any atom is 0.260 e. The van der Waals surface area contributed by atoms with Gasteiger partial charge in [0.15, 0.2) is 6.61 Å². The monoisotopic (exact) mass is 469 g/mol. The number of amides is 2. The van der Waals surface area contributed by atoms with Crippen LogP contribution in [-0.4, -0.2) is 50.9 Å². The Bertz CT molecular complexity index is 1300. The molecule has 178 valence electrons. The standard InChI is InChI=1S/C27H27N5O3/c33-26(18-35-22-6-2-1-3-7-22)31-14-12-21(13-15-31)27(34)29-17-20-10-11-25(28-16-20)32-19-30-23-8-4-5-9-24(23)32/h1-11,16,19,21H,12-15,17-18H2,(H,29,34). The SMILES string of the molecule is O=C(NCc1ccc(-n2cnc3ccccc32)nc1)C1CCN(C(=O)COc2ccccc2)CC1. The molecule has 8 nitrogen and oxygen atoms in total. The molecule has 4 aromatic rings. The lowest BCUT2D eigenvalue weighted by molar-refractivity contribution is -0.137. The number of nitrogens with one attached hydrogen (secondary N) is 1. The summed E-state index contributed by atoms with van der Waals surface area (Å²) in [6.07, 6.45) is 4.83. The molecule has 8 heteroatoms. The molecule has 0 bridgehead atoms. The van der Waals surface area contributed by atoms with Crippen LogP contribution in [0.1, 0.15) is 18.4 Å². The number of likely N-dealkylation sites (tertiary alicyclic amines) is 1. The highest BCUT2D eigenvalue weighted by Crippen LogP contribution is 2.19. The third-order valence-electron chi connectivity index (χ3n) is 6.30. The summed E-state index contributed by atoms with van der Waals surface area (Å²) < 4.78 is 7.50. The van der Waals surface area contributed by atoms with E-state index in [9.17, 15) is 9.59 Å². The number of piperidine rings is 1. The second-order valence-corrected chi connectivity index (χ2v) is 8.60. The van der Waals surface area contributed by atoms with Crippen molar-refractivity contribution in [3.05, 3.63) is 84.8 Å². The molecule has 0 atom stereocenters. The Labute approximate surface area is 203 Å². The highest BCUT2D eigenvalue weighted by molar-refractivity contribution is 5.80. The summed E-state index contributed by atoms with van der Waals surface area (Å²) in [7, 11) is 0. The summed E-state index contributed by atoms with van der Waals surface area (Å²) in [5, 5.41) is 3.02. The number of rotatable bonds is 7. The first-order valence-corrected chi connectivity index (χ1v) is 11.8. The number of nitrogens with zero attached hydrogens (tertiary/aromatic N) is 4. The Morgan fingerprint density at radius 3 is 2.49 bits per heavy atom. The van der Waals surface area contributed by atoms with Crippen LogP contribution >= 0.6 is 0 Å². The second kappa shape index (κ2) is 10.4. The Balaban J connectivity index is 1.08. The molecule has 1 fully saturated rings. The van der Waals surface area contributed by atoms with E-state index >= 15 is 0 Å². The van der Waals surface area contributed by atoms with Gasteiger partial charge in [0, 0.05) is 31.7 Å². The van der Waals surface area contributed by atoms with E-state index in [2.05, 4.69) is 15.3 Å². The first kappa shape index (κ1) is 22.6. The number of aromatic nitrogens is 3. The van der Waals surface area contributed by atoms with Crippen LogP contribution in [0.5, 0.6) is 5.75 Å². The number of para-hydroxylation sites is 3. The lowest BCUT2D eigenvalue weighted by atomic mass is 9.96. The zero-order valence-electron chi connectivity index (χ0n) is 19.3. The maximum atomic E-state index is 12.7. The Hall–Kier alpha value is -4.20. The number of carbonyl (C=O) groups is 2. The molecule has 2 aromatic carbocycles. The van der Waals surface area contributed by atoms with E-state index in [4.69, 9.17) is 4.74 Å². The first-order valence-electron chi connectivity index (χ1n) is 11.8. The fourth-order valence-corrected chi connectivity index (χ4v) is 4.28. The fourth-order valence-electron chi connectivity index (χ4n) is 4.28. The molecule has 0 aliphatic carbocycles. The minimum atomic E-state index is -0.0985. The van der Waals surface area contributed by atoms with Gasteiger partial charge in [0.25, 0.3) is 5.91 Å². The molecule has 1 saturated heterocycles. The largest absolute Gasteiger partial charge is 0.484 e. The minimum absolute atomic E-state index is 0.0126. The van der Waals surface area contributed by atoms with Crippen molar-refractivity contribution in [2.75, 3.05) is 19.7 Å². The molecular weight excluding hydrogens is 442 g/mol. The fraction of sp³-hybridized carbons (Fsp3) is 0.259. The lowest BCUT2D eigenvalue weighted by Gasteiger charge is -2.31. The number of fused-ring (bicyclic) bond motifs is 1. The number of benzene rings is 2. The van der Waals surface area contributed by atoms with Crippen LogP contribution in [0.15, 0.2) is 79.3 Å². The summed E-state index contributed by atoms with van der Waals surface area (Å²) in [4.78, 5) is 35.8. The average Bonchev–Trinajstić information content (AvgIpc) is 3.35. The molecule has 3 heterocycles. The predicted octanol–water partition coefficient (Wildman–Crippen LogP) is 3.35. The van der Waals surface area contributed by atoms with E-state index < -0.39 is 0 Å². The van der Waals surface area contributed by atoms with Gasteiger partial charge in [-0.2, -0.15) is 0 Å². The van der Waals surface area contributed by atoms with Crippen LogP contribution in [-0.2, 0) is 16.1 Å². The van der Waals surface area contributed by atoms with E-state index in [1.54, 1.807) is 17.4 Å². The Morgan fingerprint density at radius 1 is 0.943 bits per heavy atom. The third-order valence-corrected chi connectivity index (χ3v) is 6.30. The van der Waals surface area contributed by atoms with E-state index in [0.29, 0.717) is 38.2 Å². The number of hydrogen-bond acceptors (Lipinski definition) is 5. The predicted molar refractivity (Wildman–Crippen MR) is 132 cm³/mol. The highest BCUT2D eigenvalue weighted by atomic mass is 16.5. The van der Waals surface area contributed by atoms with Crippen molar-refractivity contribution in [2.45, 2.75) is 19.4 Å². The molecule has 1 N–H and O–H groups in total. The molecule has 0 radical (unpaired) electrons. The van der Waals surface area contributed by atoms with Crippen LogP contribution < -0.4 is 10.1 Å². The summed E-state index contributed by atoms with van der Waals surface area (Å²) >= 11 is 0. The molecule has 0 unspecified atom stereocenters. The van der Waals surface area contributed by atoms with Gasteiger partial charge in [0.1, 0.15) is 17.9 Å². The molecule has 0 saturated carbocycles. The number of pyridine rings is 1. The zero-order chi connectivity index (χ0) is 24.0. The van der Waals surface area contributed by atoms with Crippen LogP contribution in [0.25, 0.3) is 16.9 Å². The Morgan fingerprint density at radius 2 is 1.71 bits per heavy atom. The van der Waals surface area contributed by atoms with Crippen LogP contribution in [0.4, 0.5) is 0 Å².